The van der Waals surface area contributed by atoms with Crippen LogP contribution in [0.15, 0.2) is 0 Å². The molecular formula is H2Al2Bi2O7. The summed E-state index contributed by atoms with van der Waals surface area (Å²) >= 11 is -8.10. The van der Waals surface area contributed by atoms with E-state index >= 15 is 0 Å². The molecule has 2 N–H and O–H groups in total. The topological polar surface area (TPSA) is 86.9 Å². The zero-order chi connectivity index (χ0) is 6.55. The third-order valence-electron chi connectivity index (χ3n) is 1.04. The van der Waals surface area contributed by atoms with Gasteiger partial charge in [-0.25, -0.2) is 0 Å². The van der Waals surface area contributed by atoms with Gasteiger partial charge >= 0.3 is 87.6 Å². The van der Waals surface area contributed by atoms with Crippen LogP contribution in [0.3, 0.4) is 0 Å². The van der Waals surface area contributed by atoms with Crippen LogP contribution in [0.25, 0.3) is 0 Å². The Morgan fingerprint density at radius 2 is 1.27 bits per heavy atom. The fourth-order valence-electron chi connectivity index (χ4n) is 0.691. The third-order valence-corrected chi connectivity index (χ3v) is 30.4. The summed E-state index contributed by atoms with van der Waals surface area (Å²) in [5.41, 5.74) is 0. The van der Waals surface area contributed by atoms with Gasteiger partial charge in [-0.3, -0.25) is 0 Å². The van der Waals surface area contributed by atoms with E-state index in [2.05, 4.69) is 0 Å². The Morgan fingerprint density at radius 1 is 0.818 bits per heavy atom. The first-order valence-corrected chi connectivity index (χ1v) is 13.9. The SMILES string of the molecule is O.[O]1[Al]2[O][Bi]3[O][Al]1[O][Bi]([O]2)[O]3. The van der Waals surface area contributed by atoms with Crippen LogP contribution >= 0.6 is 0 Å². The molecule has 4 aliphatic rings. The Labute approximate surface area is 91.6 Å². The summed E-state index contributed by atoms with van der Waals surface area (Å²) in [6.45, 7) is 0. The standard InChI is InChI=1S/2Al.2Bi.H2O.6O/h;;;;1H2;;;;;;. The van der Waals surface area contributed by atoms with Gasteiger partial charge in [0.1, 0.15) is 0 Å². The summed E-state index contributed by atoms with van der Waals surface area (Å²) in [4.78, 5) is 0. The fourth-order valence-corrected chi connectivity index (χ4v) is 50.9. The molecule has 11 heavy (non-hydrogen) atoms. The number of hydrogen-bond acceptors (Lipinski definition) is 6. The van der Waals surface area contributed by atoms with Crippen molar-refractivity contribution in [2.45, 2.75) is 0 Å². The molecule has 4 aliphatic heterocycles. The van der Waals surface area contributed by atoms with E-state index in [4.69, 9.17) is 11.2 Å². The monoisotopic (exact) mass is 586 g/mol. The van der Waals surface area contributed by atoms with Gasteiger partial charge in [0.2, 0.25) is 0 Å². The molecule has 0 aromatic rings. The second-order valence-corrected chi connectivity index (χ2v) is 24.3. The molecule has 60 valence electrons. The van der Waals surface area contributed by atoms with Crippen LogP contribution < -0.4 is 0 Å². The van der Waals surface area contributed by atoms with E-state index < -0.39 is 76.4 Å². The van der Waals surface area contributed by atoms with Gasteiger partial charge in [0, 0.05) is 0 Å². The van der Waals surface area contributed by atoms with Crippen molar-refractivity contribution >= 4 is 76.4 Å². The Morgan fingerprint density at radius 3 is 1.64 bits per heavy atom. The van der Waals surface area contributed by atoms with Crippen molar-refractivity contribution in [2.75, 3.05) is 0 Å². The molecule has 11 heteroatoms. The van der Waals surface area contributed by atoms with Gasteiger partial charge in [-0.05, 0) is 0 Å². The maximum atomic E-state index is 5.33. The normalized spacial score (nSPS) is 29.5. The minimum absolute atomic E-state index is 0. The Bertz CT molecular complexity index is 106. The molecule has 0 spiro atoms. The van der Waals surface area contributed by atoms with Gasteiger partial charge in [0.15, 0.2) is 0 Å². The van der Waals surface area contributed by atoms with E-state index in [1.165, 1.54) is 0 Å². The summed E-state index contributed by atoms with van der Waals surface area (Å²) < 4.78 is 31.7. The van der Waals surface area contributed by atoms with E-state index in [0.717, 1.165) is 0 Å². The molecule has 7 nitrogen and oxygen atoms in total. The number of rotatable bonds is 0. The molecule has 0 radical (unpaired) electrons. The van der Waals surface area contributed by atoms with Crippen molar-refractivity contribution in [2.24, 2.45) is 0 Å². The van der Waals surface area contributed by atoms with Crippen molar-refractivity contribution < 1.29 is 16.7 Å². The summed E-state index contributed by atoms with van der Waals surface area (Å²) in [5, 5.41) is 0. The van der Waals surface area contributed by atoms with E-state index in [-0.39, 0.29) is 5.48 Å². The Hall–Kier alpha value is 2.55. The van der Waals surface area contributed by atoms with E-state index in [0.29, 0.717) is 0 Å². The Balaban J connectivity index is 0.000000480. The van der Waals surface area contributed by atoms with E-state index in [1.807, 2.05) is 0 Å². The molecule has 4 heterocycles. The van der Waals surface area contributed by atoms with Gasteiger partial charge in [-0.2, -0.15) is 0 Å². The summed E-state index contributed by atoms with van der Waals surface area (Å²) in [6.07, 6.45) is 0. The average Bonchev–Trinajstić information content (AvgIpc) is 1.82. The van der Waals surface area contributed by atoms with E-state index in [1.54, 1.807) is 0 Å². The van der Waals surface area contributed by atoms with Gasteiger partial charge < -0.3 is 5.48 Å². The molecule has 0 unspecified atom stereocenters. The molecule has 4 rings (SSSR count). The second kappa shape index (κ2) is 3.97. The zero-order valence-electron chi connectivity index (χ0n) is 5.00. The van der Waals surface area contributed by atoms with Crippen LogP contribution in [0.1, 0.15) is 0 Å². The quantitative estimate of drug-likeness (QED) is 0.287. The summed E-state index contributed by atoms with van der Waals surface area (Å²) in [6, 6.07) is 0. The molecule has 0 aromatic heterocycles. The average molecular weight is 586 g/mol. The third kappa shape index (κ3) is 1.98. The van der Waals surface area contributed by atoms with E-state index in [9.17, 15) is 0 Å². The molecule has 0 aromatic carbocycles. The van der Waals surface area contributed by atoms with Crippen LogP contribution in [-0.4, -0.2) is 81.9 Å². The molecule has 0 saturated carbocycles. The molecule has 0 atom stereocenters. The zero-order valence-corrected chi connectivity index (χ0v) is 14.3. The first-order valence-electron chi connectivity index (χ1n) is 2.51. The van der Waals surface area contributed by atoms with Gasteiger partial charge in [0.05, 0.1) is 0 Å². The summed E-state index contributed by atoms with van der Waals surface area (Å²) in [5.74, 6) is 0. The van der Waals surface area contributed by atoms with Crippen molar-refractivity contribution in [1.82, 2.24) is 0 Å². The molecule has 4 saturated heterocycles. The van der Waals surface area contributed by atoms with Crippen molar-refractivity contribution in [3.63, 3.8) is 0 Å². The van der Waals surface area contributed by atoms with Crippen molar-refractivity contribution in [3.8, 4) is 0 Å². The molecule has 4 bridgehead atoms. The predicted molar refractivity (Wildman–Crippen MR) is 33.1 cm³/mol. The van der Waals surface area contributed by atoms with Crippen LogP contribution in [0.5, 0.6) is 0 Å². The van der Waals surface area contributed by atoms with Crippen LogP contribution in [0.4, 0.5) is 0 Å². The summed E-state index contributed by atoms with van der Waals surface area (Å²) in [7, 11) is 0. The molecule has 0 amide bonds. The Kier molecular flexibility index (Phi) is 3.63. The molecular weight excluding hydrogens is 584 g/mol. The van der Waals surface area contributed by atoms with Crippen molar-refractivity contribution in [3.05, 3.63) is 0 Å². The predicted octanol–water partition coefficient (Wildman–Crippen LogP) is -2.76. The van der Waals surface area contributed by atoms with Crippen LogP contribution in [-0.2, 0) is 11.2 Å². The molecule has 0 aliphatic carbocycles. The second-order valence-electron chi connectivity index (χ2n) is 1.66. The first-order chi connectivity index (χ1) is 4.90. The van der Waals surface area contributed by atoms with Crippen LogP contribution in [0, 0.1) is 0 Å². The van der Waals surface area contributed by atoms with Gasteiger partial charge in [-0.1, -0.05) is 0 Å². The molecule has 4 fully saturated rings. The maximum absolute atomic E-state index is 5.33. The van der Waals surface area contributed by atoms with Crippen LogP contribution in [0.2, 0.25) is 0 Å². The van der Waals surface area contributed by atoms with Gasteiger partial charge in [0.25, 0.3) is 0 Å². The first kappa shape index (κ1) is 10.1. The number of hydrogen-bond donors (Lipinski definition) is 0. The van der Waals surface area contributed by atoms with Crippen molar-refractivity contribution in [1.29, 1.82) is 0 Å². The fraction of sp³-hybridized carbons (Fsp3) is 0. The van der Waals surface area contributed by atoms with Gasteiger partial charge in [-0.15, -0.1) is 0 Å². The minimum atomic E-state index is -2.33.